The van der Waals surface area contributed by atoms with Gasteiger partial charge in [-0.1, -0.05) is 188 Å². The quantitative estimate of drug-likeness (QED) is 0.125. The summed E-state index contributed by atoms with van der Waals surface area (Å²) in [6, 6.07) is 74.1. The first-order valence-electron chi connectivity index (χ1n) is 19.3. The van der Waals surface area contributed by atoms with E-state index >= 15 is 0 Å². The predicted molar refractivity (Wildman–Crippen MR) is 243 cm³/mol. The lowest BCUT2D eigenvalue weighted by molar-refractivity contribution is 1.19. The topological polar surface area (TPSA) is 25.8 Å². The van der Waals surface area contributed by atoms with Crippen molar-refractivity contribution in [2.45, 2.75) is 0 Å². The molecule has 2 heterocycles. The third-order valence-electron chi connectivity index (χ3n) is 11.1. The first-order chi connectivity index (χ1) is 28.2. The smallest absolute Gasteiger partial charge is 0.160 e. The van der Waals surface area contributed by atoms with E-state index in [4.69, 9.17) is 9.97 Å². The van der Waals surface area contributed by atoms with Gasteiger partial charge in [0.1, 0.15) is 0 Å². The summed E-state index contributed by atoms with van der Waals surface area (Å²) in [6.45, 7) is 0. The van der Waals surface area contributed by atoms with E-state index in [9.17, 15) is 0 Å². The lowest BCUT2D eigenvalue weighted by Gasteiger charge is -2.19. The fraction of sp³-hybridized carbons (Fsp3) is 0. The number of thiophene rings is 1. The Bertz CT molecular complexity index is 3220. The maximum atomic E-state index is 5.09. The van der Waals surface area contributed by atoms with Crippen molar-refractivity contribution in [3.8, 4) is 66.6 Å². The molecule has 11 rings (SSSR count). The van der Waals surface area contributed by atoms with E-state index in [0.29, 0.717) is 0 Å². The van der Waals surface area contributed by atoms with Crippen molar-refractivity contribution in [1.29, 1.82) is 0 Å². The predicted octanol–water partition coefficient (Wildman–Crippen LogP) is 15.2. The van der Waals surface area contributed by atoms with Crippen LogP contribution in [0.4, 0.5) is 0 Å². The molecule has 2 nitrogen and oxygen atoms in total. The summed E-state index contributed by atoms with van der Waals surface area (Å²) >= 11 is 1.77. The highest BCUT2D eigenvalue weighted by Gasteiger charge is 2.19. The Morgan fingerprint density at radius 1 is 0.316 bits per heavy atom. The maximum absolute atomic E-state index is 5.09. The first-order valence-corrected chi connectivity index (χ1v) is 20.1. The van der Waals surface area contributed by atoms with Crippen molar-refractivity contribution >= 4 is 53.7 Å². The summed E-state index contributed by atoms with van der Waals surface area (Å²) < 4.78 is 1.25. The molecule has 0 spiro atoms. The largest absolute Gasteiger partial charge is 0.228 e. The van der Waals surface area contributed by atoms with Crippen LogP contribution in [0.25, 0.3) is 109 Å². The molecule has 0 N–H and O–H groups in total. The van der Waals surface area contributed by atoms with Gasteiger partial charge in [0, 0.05) is 15.8 Å². The average Bonchev–Trinajstić information content (AvgIpc) is 3.74. The van der Waals surface area contributed by atoms with Crippen molar-refractivity contribution in [2.24, 2.45) is 0 Å². The molecule has 9 aromatic carbocycles. The highest BCUT2D eigenvalue weighted by atomic mass is 32.1. The van der Waals surface area contributed by atoms with Gasteiger partial charge >= 0.3 is 0 Å². The summed E-state index contributed by atoms with van der Waals surface area (Å²) in [4.78, 5) is 11.3. The Hall–Kier alpha value is -7.20. The minimum absolute atomic E-state index is 0.727. The second-order valence-corrected chi connectivity index (χ2v) is 15.6. The van der Waals surface area contributed by atoms with Crippen LogP contribution in [0.2, 0.25) is 0 Å². The molecule has 0 atom stereocenters. The van der Waals surface area contributed by atoms with Crippen molar-refractivity contribution in [1.82, 2.24) is 9.97 Å². The lowest BCUT2D eigenvalue weighted by atomic mass is 9.84. The second-order valence-electron chi connectivity index (χ2n) is 14.5. The second kappa shape index (κ2) is 13.8. The van der Waals surface area contributed by atoms with E-state index in [0.717, 1.165) is 38.8 Å². The van der Waals surface area contributed by atoms with E-state index in [1.807, 2.05) is 18.2 Å². The van der Waals surface area contributed by atoms with Crippen LogP contribution < -0.4 is 0 Å². The highest BCUT2D eigenvalue weighted by molar-refractivity contribution is 7.22. The van der Waals surface area contributed by atoms with Crippen LogP contribution >= 0.6 is 11.3 Å². The highest BCUT2D eigenvalue weighted by Crippen LogP contribution is 2.46. The molecule has 0 aliphatic heterocycles. The number of aromatic nitrogens is 2. The average molecular weight is 743 g/mol. The van der Waals surface area contributed by atoms with Crippen LogP contribution in [-0.2, 0) is 0 Å². The Balaban J connectivity index is 0.995. The zero-order valence-electron chi connectivity index (χ0n) is 30.9. The van der Waals surface area contributed by atoms with Crippen LogP contribution in [0.5, 0.6) is 0 Å². The number of hydrogen-bond donors (Lipinski definition) is 0. The molecule has 57 heavy (non-hydrogen) atoms. The SMILES string of the molecule is c1ccc(-c2nc(-c3ccc(-c4ccc(-c5c6ccccc6c(-c6ccccc6)c6c5ccc5ccccc56)cc4)cc3)cc(-c3cc4ccccc4s3)n2)cc1. The summed E-state index contributed by atoms with van der Waals surface area (Å²) in [6.07, 6.45) is 0. The molecule has 0 fully saturated rings. The third-order valence-corrected chi connectivity index (χ3v) is 12.2. The lowest BCUT2D eigenvalue weighted by Crippen LogP contribution is -1.95. The van der Waals surface area contributed by atoms with Crippen LogP contribution in [0.15, 0.2) is 206 Å². The number of fused-ring (bicyclic) bond motifs is 5. The Morgan fingerprint density at radius 3 is 1.54 bits per heavy atom. The summed E-state index contributed by atoms with van der Waals surface area (Å²) in [5, 5.41) is 8.82. The van der Waals surface area contributed by atoms with Crippen LogP contribution in [0.3, 0.4) is 0 Å². The molecule has 266 valence electrons. The monoisotopic (exact) mass is 742 g/mol. The van der Waals surface area contributed by atoms with Gasteiger partial charge in [-0.15, -0.1) is 11.3 Å². The van der Waals surface area contributed by atoms with Gasteiger partial charge in [0.15, 0.2) is 5.82 Å². The van der Waals surface area contributed by atoms with Crippen LogP contribution in [0, 0.1) is 0 Å². The van der Waals surface area contributed by atoms with Gasteiger partial charge in [-0.05, 0) is 89.3 Å². The van der Waals surface area contributed by atoms with Gasteiger partial charge in [0.2, 0.25) is 0 Å². The molecule has 0 aliphatic carbocycles. The van der Waals surface area contributed by atoms with Crippen LogP contribution in [-0.4, -0.2) is 9.97 Å². The van der Waals surface area contributed by atoms with Crippen molar-refractivity contribution in [2.75, 3.05) is 0 Å². The Morgan fingerprint density at radius 2 is 0.842 bits per heavy atom. The molecular weight excluding hydrogens is 709 g/mol. The van der Waals surface area contributed by atoms with E-state index < -0.39 is 0 Å². The van der Waals surface area contributed by atoms with Crippen molar-refractivity contribution < 1.29 is 0 Å². The van der Waals surface area contributed by atoms with Gasteiger partial charge < -0.3 is 0 Å². The molecule has 0 bridgehead atoms. The van der Waals surface area contributed by atoms with Gasteiger partial charge in [-0.25, -0.2) is 9.97 Å². The standard InChI is InChI=1S/C54H34N2S/c1-3-14-39(15-4-1)52-45-21-11-10-20-44(45)51(46-32-31-37-13-7-9-19-43(37)53(46)52)40-29-25-36(26-30-40)35-23-27-38(28-24-35)47-34-48(50-33-42-18-8-12-22-49(42)57-50)56-54(55-47)41-16-5-2-6-17-41/h1-34H. The minimum atomic E-state index is 0.727. The zero-order valence-corrected chi connectivity index (χ0v) is 31.7. The third kappa shape index (κ3) is 5.88. The summed E-state index contributed by atoms with van der Waals surface area (Å²) in [7, 11) is 0. The van der Waals surface area contributed by atoms with E-state index in [1.54, 1.807) is 11.3 Å². The normalized spacial score (nSPS) is 11.5. The Labute approximate surface area is 335 Å². The van der Waals surface area contributed by atoms with E-state index in [2.05, 4.69) is 188 Å². The molecule has 2 aromatic heterocycles. The van der Waals surface area contributed by atoms with Gasteiger partial charge in [-0.2, -0.15) is 0 Å². The zero-order chi connectivity index (χ0) is 37.7. The molecule has 0 saturated heterocycles. The fourth-order valence-electron chi connectivity index (χ4n) is 8.37. The molecule has 0 unspecified atom stereocenters. The first kappa shape index (κ1) is 33.2. The number of nitrogens with zero attached hydrogens (tertiary/aromatic N) is 2. The Kier molecular flexibility index (Phi) is 8.04. The van der Waals surface area contributed by atoms with Crippen molar-refractivity contribution in [3.63, 3.8) is 0 Å². The van der Waals surface area contributed by atoms with Gasteiger partial charge in [-0.3, -0.25) is 0 Å². The van der Waals surface area contributed by atoms with Gasteiger partial charge in [0.25, 0.3) is 0 Å². The summed E-state index contributed by atoms with van der Waals surface area (Å²) in [5.41, 5.74) is 11.2. The minimum Gasteiger partial charge on any atom is -0.228 e. The maximum Gasteiger partial charge on any atom is 0.160 e. The molecule has 0 amide bonds. The van der Waals surface area contributed by atoms with Gasteiger partial charge in [0.05, 0.1) is 16.3 Å². The van der Waals surface area contributed by atoms with E-state index in [1.165, 1.54) is 70.2 Å². The molecule has 0 aliphatic rings. The molecule has 3 heteroatoms. The summed E-state index contributed by atoms with van der Waals surface area (Å²) in [5.74, 6) is 0.727. The molecule has 11 aromatic rings. The number of rotatable bonds is 6. The molecular formula is C54H34N2S. The van der Waals surface area contributed by atoms with Crippen molar-refractivity contribution in [3.05, 3.63) is 206 Å². The molecule has 0 saturated carbocycles. The molecule has 0 radical (unpaired) electrons. The number of hydrogen-bond acceptors (Lipinski definition) is 3. The number of benzene rings is 9. The van der Waals surface area contributed by atoms with E-state index in [-0.39, 0.29) is 0 Å². The fourth-order valence-corrected chi connectivity index (χ4v) is 9.40. The van der Waals surface area contributed by atoms with Crippen LogP contribution in [0.1, 0.15) is 0 Å².